The van der Waals surface area contributed by atoms with Gasteiger partial charge in [-0.1, -0.05) is 19.8 Å². The summed E-state index contributed by atoms with van der Waals surface area (Å²) in [7, 11) is 0. The zero-order chi connectivity index (χ0) is 14.4. The molecule has 3 heteroatoms. The summed E-state index contributed by atoms with van der Waals surface area (Å²) in [5.41, 5.74) is 0. The Balaban J connectivity index is 1.77. The summed E-state index contributed by atoms with van der Waals surface area (Å²) in [5.74, 6) is 0.857. The van der Waals surface area contributed by atoms with Crippen LogP contribution in [0.5, 0.6) is 0 Å². The maximum atomic E-state index is 3.90. The molecule has 2 fully saturated rings. The van der Waals surface area contributed by atoms with Gasteiger partial charge in [-0.15, -0.1) is 0 Å². The molecule has 0 amide bonds. The van der Waals surface area contributed by atoms with E-state index in [0.29, 0.717) is 10.8 Å². The number of nitrogens with zero attached hydrogens (tertiary/aromatic N) is 1. The molecule has 2 unspecified atom stereocenters. The Labute approximate surface area is 130 Å². The third-order valence-corrected chi connectivity index (χ3v) is 6.90. The first-order valence-corrected chi connectivity index (χ1v) is 9.92. The highest BCUT2D eigenvalue weighted by Crippen LogP contribution is 2.39. The molecule has 0 radical (unpaired) electrons. The zero-order valence-corrected chi connectivity index (χ0v) is 14.6. The molecule has 118 valence electrons. The summed E-state index contributed by atoms with van der Waals surface area (Å²) >= 11 is 2.10. The van der Waals surface area contributed by atoms with E-state index in [1.807, 2.05) is 0 Å². The molecular weight excluding hydrogens is 264 g/mol. The molecule has 0 aromatic carbocycles. The largest absolute Gasteiger partial charge is 0.313 e. The molecule has 1 aliphatic carbocycles. The van der Waals surface area contributed by atoms with E-state index in [-0.39, 0.29) is 0 Å². The van der Waals surface area contributed by atoms with Crippen molar-refractivity contribution < 1.29 is 0 Å². The topological polar surface area (TPSA) is 15.3 Å². The van der Waals surface area contributed by atoms with E-state index in [2.05, 4.69) is 42.1 Å². The average Bonchev–Trinajstić information content (AvgIpc) is 2.95. The van der Waals surface area contributed by atoms with Crippen molar-refractivity contribution in [3.8, 4) is 0 Å². The van der Waals surface area contributed by atoms with Crippen LogP contribution >= 0.6 is 11.8 Å². The average molecular weight is 299 g/mol. The van der Waals surface area contributed by atoms with Gasteiger partial charge in [-0.25, -0.2) is 0 Å². The first-order valence-electron chi connectivity index (χ1n) is 8.70. The van der Waals surface area contributed by atoms with E-state index in [9.17, 15) is 0 Å². The van der Waals surface area contributed by atoms with Crippen molar-refractivity contribution in [3.63, 3.8) is 0 Å². The number of piperidine rings is 1. The molecule has 1 saturated carbocycles. The fourth-order valence-corrected chi connectivity index (χ4v) is 4.93. The van der Waals surface area contributed by atoms with Gasteiger partial charge < -0.3 is 10.2 Å². The van der Waals surface area contributed by atoms with Gasteiger partial charge in [-0.3, -0.25) is 0 Å². The second kappa shape index (κ2) is 8.05. The Morgan fingerprint density at radius 3 is 2.70 bits per heavy atom. The van der Waals surface area contributed by atoms with Gasteiger partial charge in [0, 0.05) is 23.9 Å². The molecule has 20 heavy (non-hydrogen) atoms. The van der Waals surface area contributed by atoms with Gasteiger partial charge in [0.05, 0.1) is 0 Å². The molecule has 2 aliphatic rings. The highest BCUT2D eigenvalue weighted by Gasteiger charge is 2.34. The Bertz CT molecular complexity index is 274. The molecule has 1 N–H and O–H groups in total. The van der Waals surface area contributed by atoms with Crippen LogP contribution in [0.1, 0.15) is 58.8 Å². The van der Waals surface area contributed by atoms with Crippen molar-refractivity contribution in [2.45, 2.75) is 69.6 Å². The van der Waals surface area contributed by atoms with Crippen LogP contribution in [0.25, 0.3) is 0 Å². The van der Waals surface area contributed by atoms with Gasteiger partial charge in [0.2, 0.25) is 0 Å². The van der Waals surface area contributed by atoms with Gasteiger partial charge in [0.1, 0.15) is 0 Å². The molecule has 2 rings (SSSR count). The van der Waals surface area contributed by atoms with Crippen molar-refractivity contribution in [2.75, 3.05) is 32.4 Å². The first-order chi connectivity index (χ1) is 9.69. The number of nitrogens with one attached hydrogen (secondary N) is 1. The van der Waals surface area contributed by atoms with Gasteiger partial charge in [-0.2, -0.15) is 11.8 Å². The first kappa shape index (κ1) is 16.6. The van der Waals surface area contributed by atoms with Gasteiger partial charge in [0.15, 0.2) is 0 Å². The summed E-state index contributed by atoms with van der Waals surface area (Å²) in [6, 6.07) is 0.680. The van der Waals surface area contributed by atoms with Crippen LogP contribution in [-0.2, 0) is 0 Å². The smallest absolute Gasteiger partial charge is 0.0281 e. The van der Waals surface area contributed by atoms with Crippen LogP contribution in [0.2, 0.25) is 0 Å². The zero-order valence-electron chi connectivity index (χ0n) is 13.8. The fourth-order valence-electron chi connectivity index (χ4n) is 4.00. The van der Waals surface area contributed by atoms with E-state index < -0.39 is 0 Å². The summed E-state index contributed by atoms with van der Waals surface area (Å²) in [4.78, 5) is 2.67. The predicted octanol–water partition coefficient (Wildman–Crippen LogP) is 3.76. The van der Waals surface area contributed by atoms with Crippen molar-refractivity contribution in [1.29, 1.82) is 0 Å². The summed E-state index contributed by atoms with van der Waals surface area (Å²) in [6.45, 7) is 9.87. The van der Waals surface area contributed by atoms with E-state index in [4.69, 9.17) is 0 Å². The van der Waals surface area contributed by atoms with Crippen LogP contribution in [0.4, 0.5) is 0 Å². The third kappa shape index (κ3) is 4.38. The SMILES string of the molecule is CCCN1CCCC(C(C)NCC2(SC)CCCC2)C1. The maximum absolute atomic E-state index is 3.90. The second-order valence-electron chi connectivity index (χ2n) is 6.97. The Kier molecular flexibility index (Phi) is 6.70. The number of rotatable bonds is 7. The van der Waals surface area contributed by atoms with Crippen LogP contribution in [0.15, 0.2) is 0 Å². The van der Waals surface area contributed by atoms with Gasteiger partial charge in [0.25, 0.3) is 0 Å². The number of likely N-dealkylation sites (tertiary alicyclic amines) is 1. The highest BCUT2D eigenvalue weighted by molar-refractivity contribution is 8.00. The Morgan fingerprint density at radius 2 is 2.05 bits per heavy atom. The van der Waals surface area contributed by atoms with E-state index in [1.54, 1.807) is 0 Å². The lowest BCUT2D eigenvalue weighted by atomic mass is 9.91. The molecule has 0 bridgehead atoms. The lowest BCUT2D eigenvalue weighted by Crippen LogP contribution is -2.47. The minimum Gasteiger partial charge on any atom is -0.313 e. The minimum absolute atomic E-state index is 0.548. The fraction of sp³-hybridized carbons (Fsp3) is 1.00. The van der Waals surface area contributed by atoms with Gasteiger partial charge in [-0.05, 0) is 64.3 Å². The van der Waals surface area contributed by atoms with E-state index in [0.717, 1.165) is 5.92 Å². The third-order valence-electron chi connectivity index (χ3n) is 5.48. The maximum Gasteiger partial charge on any atom is 0.0281 e. The molecule has 1 aliphatic heterocycles. The van der Waals surface area contributed by atoms with Crippen molar-refractivity contribution in [2.24, 2.45) is 5.92 Å². The van der Waals surface area contributed by atoms with Crippen LogP contribution < -0.4 is 5.32 Å². The van der Waals surface area contributed by atoms with Crippen LogP contribution in [0.3, 0.4) is 0 Å². The molecule has 1 saturated heterocycles. The molecule has 0 aromatic rings. The van der Waals surface area contributed by atoms with Gasteiger partial charge >= 0.3 is 0 Å². The standard InChI is InChI=1S/C17H34N2S/c1-4-11-19-12-7-8-16(13-19)15(2)18-14-17(20-3)9-5-6-10-17/h15-16,18H,4-14H2,1-3H3. The van der Waals surface area contributed by atoms with Crippen molar-refractivity contribution in [1.82, 2.24) is 10.2 Å². The highest BCUT2D eigenvalue weighted by atomic mass is 32.2. The minimum atomic E-state index is 0.548. The van der Waals surface area contributed by atoms with Crippen LogP contribution in [0, 0.1) is 5.92 Å². The Hall–Kier alpha value is 0.270. The number of hydrogen-bond donors (Lipinski definition) is 1. The number of thioether (sulfide) groups is 1. The molecule has 0 spiro atoms. The van der Waals surface area contributed by atoms with Crippen LogP contribution in [-0.4, -0.2) is 48.1 Å². The van der Waals surface area contributed by atoms with E-state index >= 15 is 0 Å². The monoisotopic (exact) mass is 298 g/mol. The molecule has 1 heterocycles. The van der Waals surface area contributed by atoms with Crippen molar-refractivity contribution >= 4 is 11.8 Å². The summed E-state index contributed by atoms with van der Waals surface area (Å²) < 4.78 is 0.548. The summed E-state index contributed by atoms with van der Waals surface area (Å²) in [5, 5.41) is 3.90. The number of hydrogen-bond acceptors (Lipinski definition) is 3. The Morgan fingerprint density at radius 1 is 1.30 bits per heavy atom. The molecule has 2 nitrogen and oxygen atoms in total. The lowest BCUT2D eigenvalue weighted by Gasteiger charge is -2.37. The van der Waals surface area contributed by atoms with E-state index in [1.165, 1.54) is 71.1 Å². The quantitative estimate of drug-likeness (QED) is 0.770. The molecular formula is C17H34N2S. The molecule has 0 aromatic heterocycles. The lowest BCUT2D eigenvalue weighted by molar-refractivity contribution is 0.150. The predicted molar refractivity (Wildman–Crippen MR) is 91.6 cm³/mol. The second-order valence-corrected chi connectivity index (χ2v) is 8.24. The van der Waals surface area contributed by atoms with Crippen molar-refractivity contribution in [3.05, 3.63) is 0 Å². The summed E-state index contributed by atoms with van der Waals surface area (Å²) in [6.07, 6.45) is 12.1. The molecule has 2 atom stereocenters. The normalized spacial score (nSPS) is 28.6.